The van der Waals surface area contributed by atoms with Gasteiger partial charge in [-0.05, 0) is 48.2 Å². The Morgan fingerprint density at radius 2 is 1.96 bits per heavy atom. The highest BCUT2D eigenvalue weighted by molar-refractivity contribution is 9.10. The molecule has 0 spiro atoms. The fourth-order valence-electron chi connectivity index (χ4n) is 1.57. The van der Waals surface area contributed by atoms with Crippen molar-refractivity contribution in [1.29, 1.82) is 5.26 Å². The molecule has 0 aliphatic rings. The van der Waals surface area contributed by atoms with Crippen molar-refractivity contribution in [2.75, 3.05) is 12.8 Å². The molecule has 1 aromatic heterocycles. The van der Waals surface area contributed by atoms with Gasteiger partial charge in [0.25, 0.3) is 10.0 Å². The molecule has 0 saturated heterocycles. The zero-order chi connectivity index (χ0) is 17.7. The summed E-state index contributed by atoms with van der Waals surface area (Å²) < 4.78 is 27.5. The number of rotatable bonds is 6. The van der Waals surface area contributed by atoms with Gasteiger partial charge in [0.15, 0.2) is 0 Å². The molecule has 0 aliphatic carbocycles. The van der Waals surface area contributed by atoms with E-state index in [-0.39, 0.29) is 9.96 Å². The molecule has 2 aromatic rings. The molecule has 0 saturated carbocycles. The van der Waals surface area contributed by atoms with Crippen LogP contribution in [0.5, 0.6) is 0 Å². The third kappa shape index (κ3) is 4.77. The summed E-state index contributed by atoms with van der Waals surface area (Å²) in [5, 5.41) is 10.2. The number of benzene rings is 1. The lowest BCUT2D eigenvalue weighted by molar-refractivity contribution is -0.122. The highest BCUT2D eigenvalue weighted by Gasteiger charge is 2.27. The summed E-state index contributed by atoms with van der Waals surface area (Å²) in [5.74, 6) is -0.824. The van der Waals surface area contributed by atoms with Crippen molar-refractivity contribution in [2.24, 2.45) is 0 Å². The lowest BCUT2D eigenvalue weighted by Crippen LogP contribution is -2.33. The Labute approximate surface area is 161 Å². The second-order valence-electron chi connectivity index (χ2n) is 4.38. The van der Waals surface area contributed by atoms with E-state index in [1.54, 1.807) is 11.5 Å². The third-order valence-corrected chi connectivity index (χ3v) is 8.33. The summed E-state index contributed by atoms with van der Waals surface area (Å²) in [5.41, 5.74) is 0. The minimum absolute atomic E-state index is 0.0971. The quantitative estimate of drug-likeness (QED) is 0.603. The van der Waals surface area contributed by atoms with Crippen LogP contribution in [0.15, 0.2) is 54.2 Å². The summed E-state index contributed by atoms with van der Waals surface area (Å²) in [6.45, 7) is 0. The minimum Gasteiger partial charge on any atom is -0.273 e. The van der Waals surface area contributed by atoms with Crippen molar-refractivity contribution in [2.45, 2.75) is 13.3 Å². The molecule has 126 valence electrons. The number of thiophene rings is 1. The van der Waals surface area contributed by atoms with E-state index >= 15 is 0 Å². The molecule has 0 radical (unpaired) electrons. The number of hydrogen-bond acceptors (Lipinski definition) is 7. The molecule has 2 rings (SSSR count). The topological polar surface area (TPSA) is 78.2 Å². The fraction of sp³-hybridized carbons (Fsp3) is 0.143. The number of sulfonamides is 1. The summed E-state index contributed by atoms with van der Waals surface area (Å²) in [7, 11) is -2.68. The molecule has 0 unspecified atom stereocenters. The molecular formula is C14H11BrN2O3S4. The lowest BCUT2D eigenvalue weighted by Gasteiger charge is -2.15. The second kappa shape index (κ2) is 8.40. The molecule has 10 heteroatoms. The first kappa shape index (κ1) is 19.3. The van der Waals surface area contributed by atoms with E-state index in [0.29, 0.717) is 16.1 Å². The van der Waals surface area contributed by atoms with Crippen LogP contribution < -0.4 is 0 Å². The predicted molar refractivity (Wildman–Crippen MR) is 101 cm³/mol. The number of thioether (sulfide) groups is 1. The second-order valence-corrected chi connectivity index (χ2v) is 10.7. The van der Waals surface area contributed by atoms with Crippen molar-refractivity contribution in [3.05, 3.63) is 40.9 Å². The zero-order valence-corrected chi connectivity index (χ0v) is 17.2. The fourth-order valence-corrected chi connectivity index (χ4v) is 6.16. The Hall–Kier alpha value is -0.990. The van der Waals surface area contributed by atoms with Gasteiger partial charge < -0.3 is 0 Å². The maximum Gasteiger partial charge on any atom is 0.275 e. The Balaban J connectivity index is 2.15. The first-order valence-corrected chi connectivity index (χ1v) is 11.3. The molecule has 1 amide bonds. The smallest absolute Gasteiger partial charge is 0.273 e. The molecule has 0 atom stereocenters. The first-order valence-electron chi connectivity index (χ1n) is 6.40. The van der Waals surface area contributed by atoms with E-state index in [9.17, 15) is 13.2 Å². The van der Waals surface area contributed by atoms with Gasteiger partial charge in [-0.2, -0.15) is 5.26 Å². The number of thiocyanates is 1. The van der Waals surface area contributed by atoms with Gasteiger partial charge in [0.05, 0.1) is 9.96 Å². The molecule has 0 aliphatic heterocycles. The highest BCUT2D eigenvalue weighted by Crippen LogP contribution is 2.36. The molecule has 1 aromatic carbocycles. The van der Waals surface area contributed by atoms with Crippen LogP contribution in [-0.4, -0.2) is 31.4 Å². The third-order valence-electron chi connectivity index (χ3n) is 2.81. The van der Waals surface area contributed by atoms with Crippen molar-refractivity contribution in [1.82, 2.24) is 4.31 Å². The number of hydrogen-bond donors (Lipinski definition) is 0. The van der Waals surface area contributed by atoms with Crippen LogP contribution in [0.4, 0.5) is 0 Å². The SMILES string of the molecule is CN(C(=O)CSC#N)S(=O)(=O)c1ccc(Sc2ccc(Br)cc2)s1. The Bertz CT molecular complexity index is 872. The van der Waals surface area contributed by atoms with Crippen LogP contribution in [0.1, 0.15) is 0 Å². The standard InChI is InChI=1S/C14H11BrN2O3S4/c1-17(12(18)8-21-9-16)24(19,20)14-7-6-13(23-14)22-11-4-2-10(15)3-5-11/h2-7H,8H2,1H3. The molecule has 1 heterocycles. The van der Waals surface area contributed by atoms with E-state index in [1.807, 2.05) is 24.3 Å². The van der Waals surface area contributed by atoms with Gasteiger partial charge in [-0.3, -0.25) is 4.79 Å². The average Bonchev–Trinajstić information content (AvgIpc) is 3.03. The molecule has 0 fully saturated rings. The van der Waals surface area contributed by atoms with Gasteiger partial charge in [-0.1, -0.05) is 27.7 Å². The summed E-state index contributed by atoms with van der Waals surface area (Å²) in [6, 6.07) is 10.9. The van der Waals surface area contributed by atoms with Crippen molar-refractivity contribution in [3.63, 3.8) is 0 Å². The van der Waals surface area contributed by atoms with Crippen LogP contribution in [0, 0.1) is 10.7 Å². The van der Waals surface area contributed by atoms with Crippen LogP contribution in [0.25, 0.3) is 0 Å². The maximum atomic E-state index is 12.5. The minimum atomic E-state index is -3.89. The highest BCUT2D eigenvalue weighted by atomic mass is 79.9. The van der Waals surface area contributed by atoms with Crippen LogP contribution >= 0.6 is 50.8 Å². The van der Waals surface area contributed by atoms with Gasteiger partial charge in [-0.15, -0.1) is 11.3 Å². The molecule has 5 nitrogen and oxygen atoms in total. The Morgan fingerprint density at radius 1 is 1.29 bits per heavy atom. The van der Waals surface area contributed by atoms with E-state index < -0.39 is 15.9 Å². The number of carbonyl (C=O) groups is 1. The van der Waals surface area contributed by atoms with E-state index in [1.165, 1.54) is 24.9 Å². The molecular weight excluding hydrogens is 452 g/mol. The predicted octanol–water partition coefficient (Wildman–Crippen LogP) is 4.02. The monoisotopic (exact) mass is 462 g/mol. The van der Waals surface area contributed by atoms with Gasteiger partial charge in [-0.25, -0.2) is 12.7 Å². The number of halogens is 1. The van der Waals surface area contributed by atoms with Crippen molar-refractivity contribution in [3.8, 4) is 5.40 Å². The molecule has 24 heavy (non-hydrogen) atoms. The van der Waals surface area contributed by atoms with Crippen molar-refractivity contribution < 1.29 is 13.2 Å². The van der Waals surface area contributed by atoms with E-state index in [4.69, 9.17) is 5.26 Å². The van der Waals surface area contributed by atoms with Crippen molar-refractivity contribution >= 4 is 66.7 Å². The summed E-state index contributed by atoms with van der Waals surface area (Å²) in [6.07, 6.45) is 0. The van der Waals surface area contributed by atoms with Crippen LogP contribution in [-0.2, 0) is 14.8 Å². The van der Waals surface area contributed by atoms with Crippen LogP contribution in [0.3, 0.4) is 0 Å². The number of amides is 1. The molecule has 0 bridgehead atoms. The van der Waals surface area contributed by atoms with Gasteiger partial charge in [0.1, 0.15) is 9.61 Å². The average molecular weight is 463 g/mol. The summed E-state index contributed by atoms with van der Waals surface area (Å²) >= 11 is 6.63. The van der Waals surface area contributed by atoms with Crippen LogP contribution in [0.2, 0.25) is 0 Å². The van der Waals surface area contributed by atoms with Gasteiger partial charge >= 0.3 is 0 Å². The largest absolute Gasteiger partial charge is 0.275 e. The Kier molecular flexibility index (Phi) is 6.77. The number of nitrogens with zero attached hydrogens (tertiary/aromatic N) is 2. The van der Waals surface area contributed by atoms with Gasteiger partial charge in [0.2, 0.25) is 5.91 Å². The number of carbonyl (C=O) groups excluding carboxylic acids is 1. The van der Waals surface area contributed by atoms with Gasteiger partial charge in [0, 0.05) is 16.4 Å². The maximum absolute atomic E-state index is 12.5. The zero-order valence-electron chi connectivity index (χ0n) is 12.3. The van der Waals surface area contributed by atoms with E-state index in [2.05, 4.69) is 15.9 Å². The normalized spacial score (nSPS) is 11.0. The van der Waals surface area contributed by atoms with E-state index in [0.717, 1.165) is 24.9 Å². The Morgan fingerprint density at radius 3 is 2.58 bits per heavy atom. The lowest BCUT2D eigenvalue weighted by atomic mass is 10.4. The summed E-state index contributed by atoms with van der Waals surface area (Å²) in [4.78, 5) is 12.8. The first-order chi connectivity index (χ1) is 11.3. The molecule has 0 N–H and O–H groups in total. The number of nitriles is 1.